The summed E-state index contributed by atoms with van der Waals surface area (Å²) in [4.78, 5) is 2.68. The maximum atomic E-state index is 3.69. The van der Waals surface area contributed by atoms with E-state index >= 15 is 0 Å². The van der Waals surface area contributed by atoms with Gasteiger partial charge in [-0.2, -0.15) is 0 Å². The molecule has 16 heavy (non-hydrogen) atoms. The molecule has 2 heteroatoms. The van der Waals surface area contributed by atoms with E-state index < -0.39 is 0 Å². The van der Waals surface area contributed by atoms with E-state index in [0.717, 1.165) is 18.1 Å². The van der Waals surface area contributed by atoms with Crippen LogP contribution >= 0.6 is 0 Å². The second kappa shape index (κ2) is 7.29. The minimum absolute atomic E-state index is 0.725. The van der Waals surface area contributed by atoms with Crippen LogP contribution in [-0.4, -0.2) is 36.1 Å². The fraction of sp³-hybridized carbons (Fsp3) is 1.00. The average molecular weight is 226 g/mol. The van der Waals surface area contributed by atoms with Crippen molar-refractivity contribution in [2.75, 3.05) is 13.1 Å². The number of nitrogens with zero attached hydrogens (tertiary/aromatic N) is 1. The highest BCUT2D eigenvalue weighted by atomic mass is 15.2. The van der Waals surface area contributed by atoms with Crippen molar-refractivity contribution in [2.45, 2.75) is 77.9 Å². The van der Waals surface area contributed by atoms with E-state index in [4.69, 9.17) is 0 Å². The minimum Gasteiger partial charge on any atom is -0.312 e. The van der Waals surface area contributed by atoms with Gasteiger partial charge in [0.2, 0.25) is 0 Å². The third-order valence-electron chi connectivity index (χ3n) is 3.83. The Kier molecular flexibility index (Phi) is 6.37. The van der Waals surface area contributed by atoms with Crippen LogP contribution in [0.3, 0.4) is 0 Å². The van der Waals surface area contributed by atoms with Crippen molar-refractivity contribution in [3.05, 3.63) is 0 Å². The first-order valence-electron chi connectivity index (χ1n) is 7.21. The Bertz CT molecular complexity index is 178. The van der Waals surface area contributed by atoms with E-state index in [1.807, 2.05) is 0 Å². The Labute approximate surface area is 102 Å². The first-order chi connectivity index (χ1) is 7.72. The largest absolute Gasteiger partial charge is 0.312 e. The van der Waals surface area contributed by atoms with Crippen LogP contribution in [0.25, 0.3) is 0 Å². The van der Waals surface area contributed by atoms with E-state index in [1.165, 1.54) is 45.2 Å². The fourth-order valence-corrected chi connectivity index (χ4v) is 2.47. The van der Waals surface area contributed by atoms with Gasteiger partial charge in [-0.25, -0.2) is 0 Å². The van der Waals surface area contributed by atoms with Gasteiger partial charge in [0.15, 0.2) is 0 Å². The van der Waals surface area contributed by atoms with Crippen molar-refractivity contribution in [1.82, 2.24) is 10.2 Å². The number of likely N-dealkylation sites (N-methyl/N-ethyl adjacent to an activating group) is 1. The number of hydrogen-bond acceptors (Lipinski definition) is 2. The van der Waals surface area contributed by atoms with Crippen LogP contribution in [0.5, 0.6) is 0 Å². The highest BCUT2D eigenvalue weighted by Gasteiger charge is 2.25. The summed E-state index contributed by atoms with van der Waals surface area (Å²) in [6.45, 7) is 11.6. The van der Waals surface area contributed by atoms with E-state index in [2.05, 4.69) is 37.9 Å². The first-order valence-corrected chi connectivity index (χ1v) is 7.21. The summed E-state index contributed by atoms with van der Waals surface area (Å²) in [6.07, 6.45) is 6.68. The third kappa shape index (κ3) is 4.42. The molecule has 0 heterocycles. The molecule has 1 aliphatic carbocycles. The Morgan fingerprint density at radius 1 is 1.25 bits per heavy atom. The Hall–Kier alpha value is -0.0800. The summed E-state index contributed by atoms with van der Waals surface area (Å²) in [6, 6.07) is 2.31. The van der Waals surface area contributed by atoms with E-state index in [9.17, 15) is 0 Å². The molecule has 0 radical (unpaired) electrons. The smallest absolute Gasteiger partial charge is 0.0223 e. The second-order valence-electron chi connectivity index (χ2n) is 5.21. The van der Waals surface area contributed by atoms with E-state index in [1.54, 1.807) is 0 Å². The van der Waals surface area contributed by atoms with Gasteiger partial charge < -0.3 is 5.32 Å². The molecule has 1 rings (SSSR count). The van der Waals surface area contributed by atoms with Crippen molar-refractivity contribution in [2.24, 2.45) is 0 Å². The molecule has 0 aromatic heterocycles. The average Bonchev–Trinajstić information content (AvgIpc) is 3.10. The van der Waals surface area contributed by atoms with Gasteiger partial charge in [-0.15, -0.1) is 0 Å². The van der Waals surface area contributed by atoms with Gasteiger partial charge in [0, 0.05) is 24.7 Å². The lowest BCUT2D eigenvalue weighted by Crippen LogP contribution is -2.47. The Morgan fingerprint density at radius 2 is 1.94 bits per heavy atom. The van der Waals surface area contributed by atoms with Crippen LogP contribution in [0.2, 0.25) is 0 Å². The molecule has 96 valence electrons. The van der Waals surface area contributed by atoms with Gasteiger partial charge in [0.25, 0.3) is 0 Å². The Morgan fingerprint density at radius 3 is 2.38 bits per heavy atom. The molecule has 1 saturated carbocycles. The predicted octanol–water partition coefficient (Wildman–Crippen LogP) is 3.03. The molecule has 2 unspecified atom stereocenters. The number of nitrogens with one attached hydrogen (secondary N) is 1. The highest BCUT2D eigenvalue weighted by Crippen LogP contribution is 2.20. The molecule has 0 aromatic carbocycles. The molecule has 0 spiro atoms. The van der Waals surface area contributed by atoms with Crippen LogP contribution in [0.1, 0.15) is 59.8 Å². The fourth-order valence-electron chi connectivity index (χ4n) is 2.47. The summed E-state index contributed by atoms with van der Waals surface area (Å²) in [5.41, 5.74) is 0. The zero-order valence-corrected chi connectivity index (χ0v) is 11.6. The molecule has 1 fully saturated rings. The Balaban J connectivity index is 2.42. The first kappa shape index (κ1) is 14.0. The second-order valence-corrected chi connectivity index (χ2v) is 5.21. The maximum Gasteiger partial charge on any atom is 0.0223 e. The zero-order valence-electron chi connectivity index (χ0n) is 11.6. The normalized spacial score (nSPS) is 20.1. The molecule has 2 nitrogen and oxygen atoms in total. The lowest BCUT2D eigenvalue weighted by Gasteiger charge is -2.35. The van der Waals surface area contributed by atoms with Gasteiger partial charge in [-0.05, 0) is 39.2 Å². The van der Waals surface area contributed by atoms with Gasteiger partial charge >= 0.3 is 0 Å². The van der Waals surface area contributed by atoms with Crippen molar-refractivity contribution >= 4 is 0 Å². The number of hydrogen-bond donors (Lipinski definition) is 1. The summed E-state index contributed by atoms with van der Waals surface area (Å²) >= 11 is 0. The van der Waals surface area contributed by atoms with Gasteiger partial charge in [-0.3, -0.25) is 4.90 Å². The van der Waals surface area contributed by atoms with Crippen LogP contribution in [0, 0.1) is 0 Å². The number of rotatable bonds is 9. The molecule has 1 N–H and O–H groups in total. The topological polar surface area (TPSA) is 15.3 Å². The lowest BCUT2D eigenvalue weighted by atomic mass is 10.1. The molecule has 0 aromatic rings. The third-order valence-corrected chi connectivity index (χ3v) is 3.83. The van der Waals surface area contributed by atoms with Gasteiger partial charge in [0.1, 0.15) is 0 Å². The molecule has 0 aliphatic heterocycles. The summed E-state index contributed by atoms with van der Waals surface area (Å²) in [5, 5.41) is 3.69. The van der Waals surface area contributed by atoms with Gasteiger partial charge in [-0.1, -0.05) is 27.2 Å². The maximum absolute atomic E-state index is 3.69. The molecular formula is C14H30N2. The van der Waals surface area contributed by atoms with E-state index in [0.29, 0.717) is 0 Å². The van der Waals surface area contributed by atoms with Crippen molar-refractivity contribution in [3.8, 4) is 0 Å². The van der Waals surface area contributed by atoms with Crippen molar-refractivity contribution in [1.29, 1.82) is 0 Å². The van der Waals surface area contributed by atoms with E-state index in [-0.39, 0.29) is 0 Å². The minimum atomic E-state index is 0.725. The van der Waals surface area contributed by atoms with Crippen LogP contribution < -0.4 is 5.32 Å². The zero-order chi connectivity index (χ0) is 12.0. The summed E-state index contributed by atoms with van der Waals surface area (Å²) in [7, 11) is 0. The van der Waals surface area contributed by atoms with Crippen LogP contribution in [0.4, 0.5) is 0 Å². The molecule has 1 aliphatic rings. The summed E-state index contributed by atoms with van der Waals surface area (Å²) in [5.74, 6) is 0. The quantitative estimate of drug-likeness (QED) is 0.650. The predicted molar refractivity (Wildman–Crippen MR) is 71.9 cm³/mol. The lowest BCUT2D eigenvalue weighted by molar-refractivity contribution is 0.136. The van der Waals surface area contributed by atoms with Gasteiger partial charge in [0.05, 0.1) is 0 Å². The standard InChI is InChI=1S/C14H30N2/c1-5-8-14(11-15-13-9-10-13)16(7-3)12(4)6-2/h12-15H,5-11H2,1-4H3. The monoisotopic (exact) mass is 226 g/mol. The SMILES string of the molecule is CCCC(CNC1CC1)N(CC)C(C)CC. The van der Waals surface area contributed by atoms with Crippen molar-refractivity contribution < 1.29 is 0 Å². The summed E-state index contributed by atoms with van der Waals surface area (Å²) < 4.78 is 0. The van der Waals surface area contributed by atoms with Crippen LogP contribution in [-0.2, 0) is 0 Å². The molecule has 0 bridgehead atoms. The van der Waals surface area contributed by atoms with Crippen molar-refractivity contribution in [3.63, 3.8) is 0 Å². The molecule has 0 saturated heterocycles. The molecule has 2 atom stereocenters. The molecular weight excluding hydrogens is 196 g/mol. The highest BCUT2D eigenvalue weighted by molar-refractivity contribution is 4.85. The molecule has 0 amide bonds. The van der Waals surface area contributed by atoms with Crippen LogP contribution in [0.15, 0.2) is 0 Å².